The number of anilines is 1. The van der Waals surface area contributed by atoms with Crippen molar-refractivity contribution in [2.75, 3.05) is 38.1 Å². The van der Waals surface area contributed by atoms with Gasteiger partial charge in [0.05, 0.1) is 12.2 Å². The molecule has 10 heteroatoms. The largest absolute Gasteiger partial charge is 0.326 e. The first-order valence-electron chi connectivity index (χ1n) is 13.6. The second-order valence-electron chi connectivity index (χ2n) is 11.0. The van der Waals surface area contributed by atoms with E-state index in [2.05, 4.69) is 46.1 Å². The molecule has 6 rings (SSSR count). The Kier molecular flexibility index (Phi) is 6.57. The van der Waals surface area contributed by atoms with Crippen LogP contribution in [0.3, 0.4) is 0 Å². The van der Waals surface area contributed by atoms with Gasteiger partial charge in [-0.25, -0.2) is 19.3 Å². The Morgan fingerprint density at radius 2 is 1.92 bits per heavy atom. The van der Waals surface area contributed by atoms with Crippen LogP contribution in [0.15, 0.2) is 49.1 Å². The number of aromatic amines is 1. The maximum absolute atomic E-state index is 13.7. The van der Waals surface area contributed by atoms with Gasteiger partial charge in [0.1, 0.15) is 12.1 Å². The van der Waals surface area contributed by atoms with E-state index < -0.39 is 0 Å². The maximum atomic E-state index is 13.7. The van der Waals surface area contributed by atoms with Gasteiger partial charge in [0.2, 0.25) is 0 Å². The highest BCUT2D eigenvalue weighted by molar-refractivity contribution is 5.94. The molecule has 2 saturated heterocycles. The minimum absolute atomic E-state index is 0.0571. The van der Waals surface area contributed by atoms with Gasteiger partial charge in [0, 0.05) is 37.0 Å². The van der Waals surface area contributed by atoms with Crippen molar-refractivity contribution in [3.8, 4) is 22.5 Å². The Bertz CT molecular complexity index is 1400. The summed E-state index contributed by atoms with van der Waals surface area (Å²) in [5.74, 6) is 2.31. The minimum atomic E-state index is 0.0571. The third kappa shape index (κ3) is 4.64. The molecule has 2 fully saturated rings. The quantitative estimate of drug-likeness (QED) is 0.398. The van der Waals surface area contributed by atoms with Crippen LogP contribution in [0, 0.1) is 11.8 Å². The van der Waals surface area contributed by atoms with Gasteiger partial charge in [-0.05, 0) is 56.3 Å². The van der Waals surface area contributed by atoms with Crippen LogP contribution < -0.4 is 4.90 Å². The fourth-order valence-electron chi connectivity index (χ4n) is 5.83. The van der Waals surface area contributed by atoms with Crippen LogP contribution >= 0.6 is 0 Å². The van der Waals surface area contributed by atoms with E-state index >= 15 is 0 Å². The molecule has 4 aromatic rings. The summed E-state index contributed by atoms with van der Waals surface area (Å²) in [5.41, 5.74) is 3.57. The van der Waals surface area contributed by atoms with Crippen LogP contribution in [-0.4, -0.2) is 84.9 Å². The van der Waals surface area contributed by atoms with Gasteiger partial charge in [-0.2, -0.15) is 10.2 Å². The molecule has 0 aliphatic carbocycles. The summed E-state index contributed by atoms with van der Waals surface area (Å²) in [6, 6.07) is 10.1. The number of hydrogen-bond acceptors (Lipinski definition) is 6. The number of benzene rings is 1. The highest BCUT2D eigenvalue weighted by Crippen LogP contribution is 2.31. The van der Waals surface area contributed by atoms with Crippen LogP contribution in [0.4, 0.5) is 10.6 Å². The fraction of sp³-hybridized carbons (Fsp3) is 0.464. The van der Waals surface area contributed by atoms with Crippen molar-refractivity contribution in [1.82, 2.24) is 39.6 Å². The molecule has 0 spiro atoms. The van der Waals surface area contributed by atoms with E-state index in [1.807, 2.05) is 52.5 Å². The lowest BCUT2D eigenvalue weighted by Gasteiger charge is -2.30. The predicted molar refractivity (Wildman–Crippen MR) is 147 cm³/mol. The van der Waals surface area contributed by atoms with Crippen molar-refractivity contribution >= 4 is 17.5 Å². The van der Waals surface area contributed by atoms with Gasteiger partial charge >= 0.3 is 6.03 Å². The molecule has 10 nitrogen and oxygen atoms in total. The Morgan fingerprint density at radius 3 is 2.66 bits per heavy atom. The van der Waals surface area contributed by atoms with Crippen LogP contribution in [0.2, 0.25) is 0 Å². The number of H-pyrrole nitrogens is 1. The van der Waals surface area contributed by atoms with Crippen LogP contribution in [0.5, 0.6) is 0 Å². The van der Waals surface area contributed by atoms with E-state index in [1.54, 1.807) is 10.8 Å². The molecule has 2 atom stereocenters. The molecule has 2 amide bonds. The number of urea groups is 1. The number of carbonyl (C=O) groups excluding carboxylic acids is 1. The van der Waals surface area contributed by atoms with E-state index in [0.717, 1.165) is 48.4 Å². The van der Waals surface area contributed by atoms with Gasteiger partial charge in [0.15, 0.2) is 11.5 Å². The summed E-state index contributed by atoms with van der Waals surface area (Å²) in [7, 11) is 2.20. The summed E-state index contributed by atoms with van der Waals surface area (Å²) >= 11 is 0. The molecule has 0 saturated carbocycles. The lowest BCUT2D eigenvalue weighted by Crippen LogP contribution is -2.39. The number of piperidine rings is 1. The number of amides is 2. The lowest BCUT2D eigenvalue weighted by molar-refractivity contribution is 0.182. The first-order chi connectivity index (χ1) is 18.5. The van der Waals surface area contributed by atoms with E-state index in [-0.39, 0.29) is 12.1 Å². The fourth-order valence-corrected chi connectivity index (χ4v) is 5.83. The zero-order valence-corrected chi connectivity index (χ0v) is 22.3. The molecule has 2 aliphatic heterocycles. The molecule has 1 N–H and O–H groups in total. The predicted octanol–water partition coefficient (Wildman–Crippen LogP) is 4.18. The second kappa shape index (κ2) is 10.2. The lowest BCUT2D eigenvalue weighted by atomic mass is 9.95. The number of nitrogens with zero attached hydrogens (tertiary/aromatic N) is 8. The number of likely N-dealkylation sites (tertiary alicyclic amines) is 1. The zero-order valence-electron chi connectivity index (χ0n) is 22.3. The highest BCUT2D eigenvalue weighted by atomic mass is 16.2. The zero-order chi connectivity index (χ0) is 26.2. The number of fused-ring (bicyclic) bond motifs is 1. The number of aromatic nitrogens is 6. The first kappa shape index (κ1) is 24.5. The normalized spacial score (nSPS) is 20.8. The van der Waals surface area contributed by atoms with Gasteiger partial charge in [-0.3, -0.25) is 10.00 Å². The number of hydrogen-bond donors (Lipinski definition) is 1. The van der Waals surface area contributed by atoms with E-state index in [0.29, 0.717) is 23.5 Å². The van der Waals surface area contributed by atoms with Gasteiger partial charge in [-0.1, -0.05) is 38.1 Å². The van der Waals surface area contributed by atoms with Gasteiger partial charge < -0.3 is 9.80 Å². The molecule has 0 bridgehead atoms. The summed E-state index contributed by atoms with van der Waals surface area (Å²) < 4.78 is 1.77. The van der Waals surface area contributed by atoms with Gasteiger partial charge in [0.25, 0.3) is 0 Å². The van der Waals surface area contributed by atoms with E-state index in [9.17, 15) is 4.79 Å². The van der Waals surface area contributed by atoms with Crippen molar-refractivity contribution < 1.29 is 4.79 Å². The summed E-state index contributed by atoms with van der Waals surface area (Å²) in [6.45, 7) is 8.21. The monoisotopic (exact) mass is 513 g/mol. The van der Waals surface area contributed by atoms with E-state index in [4.69, 9.17) is 4.98 Å². The molecule has 1 aromatic carbocycles. The molecule has 2 aliphatic rings. The Labute approximate surface area is 222 Å². The first-order valence-corrected chi connectivity index (χ1v) is 13.6. The molecule has 38 heavy (non-hydrogen) atoms. The molecular weight excluding hydrogens is 478 g/mol. The smallest absolute Gasteiger partial charge is 0.322 e. The standard InChI is InChI=1S/C28H35N9O/c1-19(2)24-17-35(13-10-20-5-4-12-34(3)16-20)28(38)37(24)25-11-14-36-27(32-25)23(15-31-36)21-6-8-22(9-7-21)26-29-18-30-33-26/h6-9,11,14-15,18-20,24H,4-5,10,12-13,16-17H2,1-3H3,(H,29,30,33)/t20?,24-/m1/s1. The molecule has 1 unspecified atom stereocenters. The maximum Gasteiger partial charge on any atom is 0.326 e. The average Bonchev–Trinajstić information content (AvgIpc) is 3.67. The molecule has 0 radical (unpaired) electrons. The van der Waals surface area contributed by atoms with Crippen molar-refractivity contribution in [2.45, 2.75) is 39.2 Å². The van der Waals surface area contributed by atoms with Crippen LogP contribution in [0.25, 0.3) is 28.2 Å². The van der Waals surface area contributed by atoms with Crippen LogP contribution in [0.1, 0.15) is 33.1 Å². The van der Waals surface area contributed by atoms with E-state index in [1.165, 1.54) is 19.4 Å². The van der Waals surface area contributed by atoms with Crippen molar-refractivity contribution in [3.05, 3.63) is 49.1 Å². The van der Waals surface area contributed by atoms with Crippen molar-refractivity contribution in [2.24, 2.45) is 11.8 Å². The minimum Gasteiger partial charge on any atom is -0.322 e. The highest BCUT2D eigenvalue weighted by Gasteiger charge is 2.40. The summed E-state index contributed by atoms with van der Waals surface area (Å²) in [4.78, 5) is 29.3. The average molecular weight is 514 g/mol. The van der Waals surface area contributed by atoms with Crippen LogP contribution in [-0.2, 0) is 0 Å². The molecule has 5 heterocycles. The van der Waals surface area contributed by atoms with Gasteiger partial charge in [-0.15, -0.1) is 0 Å². The summed E-state index contributed by atoms with van der Waals surface area (Å²) in [5, 5.41) is 11.4. The third-order valence-corrected chi connectivity index (χ3v) is 7.98. The Morgan fingerprint density at radius 1 is 1.11 bits per heavy atom. The van der Waals surface area contributed by atoms with Crippen molar-refractivity contribution in [3.63, 3.8) is 0 Å². The Hall–Kier alpha value is -3.79. The second-order valence-corrected chi connectivity index (χ2v) is 11.0. The summed E-state index contributed by atoms with van der Waals surface area (Å²) in [6.07, 6.45) is 8.85. The molecular formula is C28H35N9O. The third-order valence-electron chi connectivity index (χ3n) is 7.98. The number of carbonyl (C=O) groups is 1. The molecule has 3 aromatic heterocycles. The SMILES string of the molecule is CC(C)[C@H]1CN(CCC2CCCN(C)C2)C(=O)N1c1ccn2ncc(-c3ccc(-c4nc[nH]n4)cc3)c2n1. The number of nitrogens with one attached hydrogen (secondary N) is 1. The Balaban J connectivity index is 1.25. The molecule has 198 valence electrons. The van der Waals surface area contributed by atoms with Crippen molar-refractivity contribution in [1.29, 1.82) is 0 Å². The topological polar surface area (TPSA) is 98.6 Å². The number of rotatable bonds is 7.